The number of aryl methyl sites for hydroxylation is 2. The van der Waals surface area contributed by atoms with E-state index >= 15 is 0 Å². The monoisotopic (exact) mass is 318 g/mol. The van der Waals surface area contributed by atoms with Gasteiger partial charge in [-0.1, -0.05) is 32.0 Å². The molecule has 0 amide bonds. The first-order valence-electron chi connectivity index (χ1n) is 8.70. The second kappa shape index (κ2) is 5.34. The van der Waals surface area contributed by atoms with Gasteiger partial charge in [0.05, 0.1) is 5.56 Å². The molecule has 1 aromatic heterocycles. The SMILES string of the molecule is Cc1cc2cccc3c2c(c1C)-c1c(c(CC(C)C)cc[n+]1C)O3. The molecule has 2 heteroatoms. The number of nitrogens with zero attached hydrogens (tertiary/aromatic N) is 1. The molecule has 0 atom stereocenters. The van der Waals surface area contributed by atoms with Crippen LogP contribution in [-0.2, 0) is 13.5 Å². The summed E-state index contributed by atoms with van der Waals surface area (Å²) in [6.07, 6.45) is 3.20. The van der Waals surface area contributed by atoms with E-state index in [0.29, 0.717) is 5.92 Å². The Balaban J connectivity index is 2.13. The Morgan fingerprint density at radius 3 is 2.67 bits per heavy atom. The van der Waals surface area contributed by atoms with Crippen molar-refractivity contribution in [1.29, 1.82) is 0 Å². The molecular formula is C22H24NO+. The zero-order valence-electron chi connectivity index (χ0n) is 15.1. The van der Waals surface area contributed by atoms with Gasteiger partial charge in [0.1, 0.15) is 12.8 Å². The fourth-order valence-corrected chi connectivity index (χ4v) is 3.82. The van der Waals surface area contributed by atoms with Crippen molar-refractivity contribution in [2.45, 2.75) is 34.1 Å². The van der Waals surface area contributed by atoms with E-state index in [2.05, 4.69) is 75.8 Å². The van der Waals surface area contributed by atoms with E-state index in [1.807, 2.05) is 0 Å². The molecule has 0 aliphatic carbocycles. The molecule has 0 saturated carbocycles. The van der Waals surface area contributed by atoms with Crippen LogP contribution in [0, 0.1) is 19.8 Å². The average Bonchev–Trinajstić information content (AvgIpc) is 2.54. The predicted octanol–water partition coefficient (Wildman–Crippen LogP) is 5.25. The number of fused-ring (bicyclic) bond motifs is 2. The molecule has 4 rings (SSSR count). The second-order valence-electron chi connectivity index (χ2n) is 7.38. The van der Waals surface area contributed by atoms with Crippen molar-refractivity contribution < 1.29 is 9.30 Å². The molecule has 0 N–H and O–H groups in total. The molecule has 3 aromatic rings. The smallest absolute Gasteiger partial charge is 0.256 e. The van der Waals surface area contributed by atoms with Crippen LogP contribution in [0.3, 0.4) is 0 Å². The van der Waals surface area contributed by atoms with Crippen LogP contribution in [0.2, 0.25) is 0 Å². The third kappa shape index (κ3) is 2.13. The number of hydrogen-bond donors (Lipinski definition) is 0. The number of benzene rings is 2. The maximum atomic E-state index is 6.44. The van der Waals surface area contributed by atoms with Gasteiger partial charge in [0.25, 0.3) is 5.69 Å². The summed E-state index contributed by atoms with van der Waals surface area (Å²) in [5.74, 6) is 2.61. The number of hydrogen-bond acceptors (Lipinski definition) is 1. The number of aromatic nitrogens is 1. The normalized spacial score (nSPS) is 12.4. The first kappa shape index (κ1) is 15.2. The van der Waals surface area contributed by atoms with Crippen LogP contribution in [0.1, 0.15) is 30.5 Å². The van der Waals surface area contributed by atoms with E-state index in [-0.39, 0.29) is 0 Å². The molecule has 122 valence electrons. The fourth-order valence-electron chi connectivity index (χ4n) is 3.82. The lowest BCUT2D eigenvalue weighted by Gasteiger charge is -2.23. The highest BCUT2D eigenvalue weighted by molar-refractivity contribution is 6.04. The van der Waals surface area contributed by atoms with Crippen molar-refractivity contribution >= 4 is 10.8 Å². The van der Waals surface area contributed by atoms with Crippen molar-refractivity contribution in [1.82, 2.24) is 0 Å². The van der Waals surface area contributed by atoms with Crippen LogP contribution in [0.5, 0.6) is 11.5 Å². The lowest BCUT2D eigenvalue weighted by atomic mass is 9.89. The lowest BCUT2D eigenvalue weighted by Crippen LogP contribution is -2.32. The van der Waals surface area contributed by atoms with Gasteiger partial charge in [-0.2, -0.15) is 4.57 Å². The van der Waals surface area contributed by atoms with Gasteiger partial charge in [0, 0.05) is 17.0 Å². The summed E-state index contributed by atoms with van der Waals surface area (Å²) in [5, 5.41) is 2.50. The summed E-state index contributed by atoms with van der Waals surface area (Å²) in [6.45, 7) is 8.94. The van der Waals surface area contributed by atoms with Gasteiger partial charge in [-0.3, -0.25) is 0 Å². The highest BCUT2D eigenvalue weighted by atomic mass is 16.5. The molecule has 24 heavy (non-hydrogen) atoms. The van der Waals surface area contributed by atoms with Crippen molar-refractivity contribution in [3.63, 3.8) is 0 Å². The van der Waals surface area contributed by atoms with E-state index in [1.165, 1.54) is 38.7 Å². The molecule has 0 spiro atoms. The van der Waals surface area contributed by atoms with Crippen molar-refractivity contribution in [2.24, 2.45) is 13.0 Å². The van der Waals surface area contributed by atoms with E-state index in [4.69, 9.17) is 4.74 Å². The summed E-state index contributed by atoms with van der Waals surface area (Å²) in [6, 6.07) is 10.8. The molecular weight excluding hydrogens is 294 g/mol. The highest BCUT2D eigenvalue weighted by Crippen LogP contribution is 2.48. The van der Waals surface area contributed by atoms with Crippen molar-refractivity contribution in [3.8, 4) is 22.8 Å². The zero-order chi connectivity index (χ0) is 17.0. The molecule has 2 heterocycles. The summed E-state index contributed by atoms with van der Waals surface area (Å²) < 4.78 is 8.64. The summed E-state index contributed by atoms with van der Waals surface area (Å²) in [7, 11) is 2.11. The van der Waals surface area contributed by atoms with Gasteiger partial charge in [-0.15, -0.1) is 0 Å². The van der Waals surface area contributed by atoms with Crippen LogP contribution in [0.4, 0.5) is 0 Å². The Labute approximate surface area is 143 Å². The summed E-state index contributed by atoms with van der Waals surface area (Å²) >= 11 is 0. The third-order valence-corrected chi connectivity index (χ3v) is 5.08. The Morgan fingerprint density at radius 2 is 1.92 bits per heavy atom. The highest BCUT2D eigenvalue weighted by Gasteiger charge is 2.31. The Hall–Kier alpha value is -2.35. The van der Waals surface area contributed by atoms with Gasteiger partial charge >= 0.3 is 0 Å². The maximum absolute atomic E-state index is 6.44. The molecule has 1 aliphatic heterocycles. The van der Waals surface area contributed by atoms with Crippen LogP contribution < -0.4 is 9.30 Å². The van der Waals surface area contributed by atoms with E-state index in [0.717, 1.165) is 17.9 Å². The van der Waals surface area contributed by atoms with Gasteiger partial charge in [0.2, 0.25) is 5.75 Å². The fraction of sp³-hybridized carbons (Fsp3) is 0.318. The zero-order valence-corrected chi connectivity index (χ0v) is 15.1. The van der Waals surface area contributed by atoms with Gasteiger partial charge in [-0.25, -0.2) is 0 Å². The minimum absolute atomic E-state index is 0.598. The average molecular weight is 318 g/mol. The molecule has 0 radical (unpaired) electrons. The van der Waals surface area contributed by atoms with Gasteiger partial charge in [-0.05, 0) is 48.8 Å². The second-order valence-corrected chi connectivity index (χ2v) is 7.38. The standard InChI is InChI=1S/C22H24NO/c1-13(2)11-17-9-10-23(5)21-19-15(4)14(3)12-16-7-6-8-18(20(16)19)24-22(17)21/h6-10,12-13H,11H2,1-5H3/q+1. The molecule has 0 fully saturated rings. The van der Waals surface area contributed by atoms with E-state index in [1.54, 1.807) is 0 Å². The van der Waals surface area contributed by atoms with Crippen LogP contribution in [0.25, 0.3) is 22.0 Å². The largest absolute Gasteiger partial charge is 0.449 e. The van der Waals surface area contributed by atoms with Crippen LogP contribution in [-0.4, -0.2) is 0 Å². The maximum Gasteiger partial charge on any atom is 0.256 e. The predicted molar refractivity (Wildman–Crippen MR) is 98.7 cm³/mol. The lowest BCUT2D eigenvalue weighted by molar-refractivity contribution is -0.660. The van der Waals surface area contributed by atoms with Gasteiger partial charge < -0.3 is 4.74 Å². The van der Waals surface area contributed by atoms with Crippen molar-refractivity contribution in [3.05, 3.63) is 53.2 Å². The summed E-state index contributed by atoms with van der Waals surface area (Å²) in [4.78, 5) is 0. The Morgan fingerprint density at radius 1 is 1.12 bits per heavy atom. The Bertz CT molecular complexity index is 970. The van der Waals surface area contributed by atoms with Crippen molar-refractivity contribution in [2.75, 3.05) is 0 Å². The minimum Gasteiger partial charge on any atom is -0.449 e. The topological polar surface area (TPSA) is 13.1 Å². The number of pyridine rings is 1. The molecule has 0 saturated heterocycles. The van der Waals surface area contributed by atoms with Crippen LogP contribution >= 0.6 is 0 Å². The third-order valence-electron chi connectivity index (χ3n) is 5.08. The number of ether oxygens (including phenoxy) is 1. The molecule has 0 unspecified atom stereocenters. The molecule has 2 nitrogen and oxygen atoms in total. The molecule has 0 bridgehead atoms. The summed E-state index contributed by atoms with van der Waals surface area (Å²) in [5.41, 5.74) is 6.50. The van der Waals surface area contributed by atoms with E-state index in [9.17, 15) is 0 Å². The van der Waals surface area contributed by atoms with Crippen LogP contribution in [0.15, 0.2) is 36.5 Å². The first-order chi connectivity index (χ1) is 11.5. The molecule has 1 aliphatic rings. The minimum atomic E-state index is 0.598. The quantitative estimate of drug-likeness (QED) is 0.460. The van der Waals surface area contributed by atoms with Gasteiger partial charge in [0.15, 0.2) is 6.20 Å². The van der Waals surface area contributed by atoms with E-state index < -0.39 is 0 Å². The number of rotatable bonds is 2. The Kier molecular flexibility index (Phi) is 3.38. The first-order valence-corrected chi connectivity index (χ1v) is 8.70. The molecule has 2 aromatic carbocycles.